The predicted molar refractivity (Wildman–Crippen MR) is 71.9 cm³/mol. The van der Waals surface area contributed by atoms with Crippen LogP contribution >= 0.6 is 0 Å². The molecule has 1 aromatic rings. The Morgan fingerprint density at radius 1 is 1.41 bits per heavy atom. The number of rotatable bonds is 5. The summed E-state index contributed by atoms with van der Waals surface area (Å²) in [5.41, 5.74) is 2.46. The molecule has 1 saturated heterocycles. The largest absolute Gasteiger partial charge is 0.496 e. The van der Waals surface area contributed by atoms with Gasteiger partial charge >= 0.3 is 0 Å². The third-order valence-corrected chi connectivity index (χ3v) is 3.31. The Bertz CT molecular complexity index is 372. The van der Waals surface area contributed by atoms with Crippen LogP contribution in [0.4, 0.5) is 5.69 Å². The van der Waals surface area contributed by atoms with Crippen LogP contribution in [-0.4, -0.2) is 26.7 Å². The predicted octanol–water partition coefficient (Wildman–Crippen LogP) is 2.45. The minimum Gasteiger partial charge on any atom is -0.496 e. The van der Waals surface area contributed by atoms with Gasteiger partial charge in [0.15, 0.2) is 0 Å². The van der Waals surface area contributed by atoms with Crippen molar-refractivity contribution >= 4 is 5.69 Å². The van der Waals surface area contributed by atoms with E-state index in [4.69, 9.17) is 4.74 Å². The molecule has 0 unspecified atom stereocenters. The molecule has 1 aliphatic heterocycles. The zero-order chi connectivity index (χ0) is 12.3. The fourth-order valence-electron chi connectivity index (χ4n) is 2.05. The van der Waals surface area contributed by atoms with Crippen molar-refractivity contribution in [3.05, 3.63) is 23.8 Å². The van der Waals surface area contributed by atoms with Gasteiger partial charge in [0.05, 0.1) is 7.11 Å². The maximum atomic E-state index is 5.38. The van der Waals surface area contributed by atoms with Crippen LogP contribution in [0.2, 0.25) is 0 Å². The van der Waals surface area contributed by atoms with Crippen LogP contribution < -0.4 is 15.4 Å². The van der Waals surface area contributed by atoms with Gasteiger partial charge in [-0.3, -0.25) is 0 Å². The van der Waals surface area contributed by atoms with Crippen LogP contribution in [0.3, 0.4) is 0 Å². The Morgan fingerprint density at radius 2 is 2.18 bits per heavy atom. The second kappa shape index (κ2) is 5.41. The highest BCUT2D eigenvalue weighted by molar-refractivity contribution is 5.52. The van der Waals surface area contributed by atoms with Gasteiger partial charge in [-0.2, -0.15) is 0 Å². The van der Waals surface area contributed by atoms with Crippen LogP contribution in [-0.2, 0) is 0 Å². The van der Waals surface area contributed by atoms with Crippen molar-refractivity contribution in [2.45, 2.75) is 19.8 Å². The highest BCUT2D eigenvalue weighted by Gasteiger charge is 2.16. The molecule has 0 saturated carbocycles. The molecule has 1 aliphatic rings. The van der Waals surface area contributed by atoms with Crippen molar-refractivity contribution in [3.63, 3.8) is 0 Å². The average molecular weight is 234 g/mol. The van der Waals surface area contributed by atoms with Gasteiger partial charge in [0.25, 0.3) is 0 Å². The average Bonchev–Trinajstić information content (AvgIpc) is 2.26. The van der Waals surface area contributed by atoms with E-state index in [0.29, 0.717) is 5.92 Å². The molecular weight excluding hydrogens is 212 g/mol. The van der Waals surface area contributed by atoms with E-state index in [1.807, 2.05) is 0 Å². The second-order valence-corrected chi connectivity index (χ2v) is 5.02. The molecule has 0 aromatic heterocycles. The lowest BCUT2D eigenvalue weighted by atomic mass is 10.0. The Balaban J connectivity index is 2.04. The van der Waals surface area contributed by atoms with Crippen LogP contribution in [0.15, 0.2) is 18.2 Å². The van der Waals surface area contributed by atoms with Crippen molar-refractivity contribution in [2.75, 3.05) is 32.1 Å². The minimum absolute atomic E-state index is 0.483. The van der Waals surface area contributed by atoms with Gasteiger partial charge in [0.2, 0.25) is 0 Å². The smallest absolute Gasteiger partial charge is 0.122 e. The summed E-state index contributed by atoms with van der Waals surface area (Å²) in [5.74, 6) is 2.24. The van der Waals surface area contributed by atoms with Gasteiger partial charge in [-0.15, -0.1) is 0 Å². The van der Waals surface area contributed by atoms with Crippen molar-refractivity contribution in [3.8, 4) is 5.75 Å². The number of methoxy groups -OCH3 is 1. The molecule has 3 heteroatoms. The van der Waals surface area contributed by atoms with Crippen molar-refractivity contribution < 1.29 is 4.74 Å². The van der Waals surface area contributed by atoms with E-state index < -0.39 is 0 Å². The molecule has 1 fully saturated rings. The number of hydrogen-bond donors (Lipinski definition) is 2. The lowest BCUT2D eigenvalue weighted by molar-refractivity contribution is 0.365. The monoisotopic (exact) mass is 234 g/mol. The first-order valence-corrected chi connectivity index (χ1v) is 6.33. The first-order chi connectivity index (χ1) is 8.20. The van der Waals surface area contributed by atoms with E-state index >= 15 is 0 Å². The Hall–Kier alpha value is -1.22. The van der Waals surface area contributed by atoms with Crippen molar-refractivity contribution in [2.24, 2.45) is 5.92 Å². The summed E-state index contributed by atoms with van der Waals surface area (Å²) in [4.78, 5) is 0. The topological polar surface area (TPSA) is 33.3 Å². The highest BCUT2D eigenvalue weighted by Crippen LogP contribution is 2.29. The first-order valence-electron chi connectivity index (χ1n) is 6.33. The maximum Gasteiger partial charge on any atom is 0.122 e. The zero-order valence-corrected chi connectivity index (χ0v) is 10.9. The number of benzene rings is 1. The van der Waals surface area contributed by atoms with Gasteiger partial charge < -0.3 is 15.4 Å². The van der Waals surface area contributed by atoms with E-state index in [9.17, 15) is 0 Å². The second-order valence-electron chi connectivity index (χ2n) is 5.02. The standard InChI is InChI=1S/C14H22N2O/c1-10(2)13-6-12(4-5-14(13)17-3)16-9-11-7-15-8-11/h4-6,10-11,15-16H,7-9H2,1-3H3. The summed E-state index contributed by atoms with van der Waals surface area (Å²) in [7, 11) is 1.73. The summed E-state index contributed by atoms with van der Waals surface area (Å²) in [6.07, 6.45) is 0. The fourth-order valence-corrected chi connectivity index (χ4v) is 2.05. The summed E-state index contributed by atoms with van der Waals surface area (Å²) in [6.45, 7) is 7.71. The molecule has 2 N–H and O–H groups in total. The van der Waals surface area contributed by atoms with Crippen molar-refractivity contribution in [1.82, 2.24) is 5.32 Å². The minimum atomic E-state index is 0.483. The van der Waals surface area contributed by atoms with E-state index in [-0.39, 0.29) is 0 Å². The molecule has 0 radical (unpaired) electrons. The van der Waals surface area contributed by atoms with E-state index in [1.165, 1.54) is 11.3 Å². The molecule has 0 aliphatic carbocycles. The highest BCUT2D eigenvalue weighted by atomic mass is 16.5. The zero-order valence-electron chi connectivity index (χ0n) is 10.9. The normalized spacial score (nSPS) is 15.8. The molecule has 0 spiro atoms. The van der Waals surface area contributed by atoms with Gasteiger partial charge in [0, 0.05) is 31.2 Å². The Kier molecular flexibility index (Phi) is 3.89. The van der Waals surface area contributed by atoms with Crippen LogP contribution in [0.1, 0.15) is 25.3 Å². The number of nitrogens with one attached hydrogen (secondary N) is 2. The van der Waals surface area contributed by atoms with E-state index in [1.54, 1.807) is 7.11 Å². The van der Waals surface area contributed by atoms with Crippen molar-refractivity contribution in [1.29, 1.82) is 0 Å². The molecule has 3 nitrogen and oxygen atoms in total. The van der Waals surface area contributed by atoms with Gasteiger partial charge in [-0.05, 0) is 29.7 Å². The lowest BCUT2D eigenvalue weighted by Crippen LogP contribution is -2.45. The fraction of sp³-hybridized carbons (Fsp3) is 0.571. The Morgan fingerprint density at radius 3 is 2.71 bits per heavy atom. The maximum absolute atomic E-state index is 5.38. The molecule has 1 aromatic carbocycles. The molecule has 94 valence electrons. The number of ether oxygens (including phenoxy) is 1. The Labute approximate surface area is 104 Å². The van der Waals surface area contributed by atoms with Gasteiger partial charge in [-0.1, -0.05) is 13.8 Å². The molecule has 17 heavy (non-hydrogen) atoms. The summed E-state index contributed by atoms with van der Waals surface area (Å²) < 4.78 is 5.38. The molecule has 0 amide bonds. The quantitative estimate of drug-likeness (QED) is 0.821. The first kappa shape index (κ1) is 12.2. The molecule has 0 atom stereocenters. The summed E-state index contributed by atoms with van der Waals surface area (Å²) in [5, 5.41) is 6.78. The lowest BCUT2D eigenvalue weighted by Gasteiger charge is -2.27. The van der Waals surface area contributed by atoms with E-state index in [2.05, 4.69) is 42.7 Å². The third-order valence-electron chi connectivity index (χ3n) is 3.31. The molecular formula is C14H22N2O. The van der Waals surface area contributed by atoms with Gasteiger partial charge in [0.1, 0.15) is 5.75 Å². The summed E-state index contributed by atoms with van der Waals surface area (Å²) >= 11 is 0. The third kappa shape index (κ3) is 2.91. The van der Waals surface area contributed by atoms with E-state index in [0.717, 1.165) is 31.3 Å². The number of hydrogen-bond acceptors (Lipinski definition) is 3. The molecule has 1 heterocycles. The van der Waals surface area contributed by atoms with Crippen LogP contribution in [0.5, 0.6) is 5.75 Å². The van der Waals surface area contributed by atoms with Gasteiger partial charge in [-0.25, -0.2) is 0 Å². The molecule has 0 bridgehead atoms. The summed E-state index contributed by atoms with van der Waals surface area (Å²) in [6, 6.07) is 6.35. The van der Waals surface area contributed by atoms with Crippen LogP contribution in [0.25, 0.3) is 0 Å². The van der Waals surface area contributed by atoms with Crippen LogP contribution in [0, 0.1) is 5.92 Å². The SMILES string of the molecule is COc1ccc(NCC2CNC2)cc1C(C)C. The molecule has 2 rings (SSSR count). The number of anilines is 1.